The minimum absolute atomic E-state index is 0.148. The Kier molecular flexibility index (Phi) is 5.59. The van der Waals surface area contributed by atoms with E-state index in [-0.39, 0.29) is 18.0 Å². The first-order valence-electron chi connectivity index (χ1n) is 5.61. The van der Waals surface area contributed by atoms with Crippen molar-refractivity contribution < 1.29 is 14.8 Å². The second-order valence-electron chi connectivity index (χ2n) is 3.80. The lowest BCUT2D eigenvalue weighted by Crippen LogP contribution is -2.01. The molecule has 0 aliphatic rings. The van der Waals surface area contributed by atoms with Crippen molar-refractivity contribution in [1.82, 2.24) is 0 Å². The summed E-state index contributed by atoms with van der Waals surface area (Å²) in [5.74, 6) is 0.148. The third-order valence-electron chi connectivity index (χ3n) is 2.58. The predicted molar refractivity (Wildman–Crippen MR) is 67.9 cm³/mol. The van der Waals surface area contributed by atoms with Gasteiger partial charge in [0.25, 0.3) is 0 Å². The van der Waals surface area contributed by atoms with Crippen LogP contribution in [-0.2, 0) is 0 Å². The molecule has 0 amide bonds. The van der Waals surface area contributed by atoms with Crippen molar-refractivity contribution >= 4 is 5.69 Å². The molecule has 0 fully saturated rings. The summed E-state index contributed by atoms with van der Waals surface area (Å²) in [5, 5.41) is 24.1. The van der Waals surface area contributed by atoms with E-state index in [1.807, 2.05) is 0 Å². The lowest BCUT2D eigenvalue weighted by molar-refractivity contribution is -0.385. The molecule has 1 aromatic carbocycles. The van der Waals surface area contributed by atoms with Crippen LogP contribution in [0.25, 0.3) is 10.4 Å². The highest BCUT2D eigenvalue weighted by Gasteiger charge is 2.18. The van der Waals surface area contributed by atoms with Crippen molar-refractivity contribution in [3.05, 3.63) is 44.3 Å². The summed E-state index contributed by atoms with van der Waals surface area (Å²) in [7, 11) is 1.35. The maximum absolute atomic E-state index is 10.8. The monoisotopic (exact) mass is 266 g/mol. The van der Waals surface area contributed by atoms with Crippen LogP contribution in [0, 0.1) is 10.1 Å². The van der Waals surface area contributed by atoms with E-state index in [1.165, 1.54) is 19.2 Å². The van der Waals surface area contributed by atoms with Gasteiger partial charge in [0.1, 0.15) is 0 Å². The van der Waals surface area contributed by atoms with Crippen LogP contribution in [-0.4, -0.2) is 23.7 Å². The highest BCUT2D eigenvalue weighted by Crippen LogP contribution is 2.31. The SMILES string of the molecule is COc1ccc(C(O)CCCN=[N+]=[N-])cc1[N+](=O)[O-]. The van der Waals surface area contributed by atoms with Crippen LogP contribution in [0.2, 0.25) is 0 Å². The molecular weight excluding hydrogens is 252 g/mol. The van der Waals surface area contributed by atoms with Gasteiger partial charge in [0.15, 0.2) is 5.75 Å². The van der Waals surface area contributed by atoms with E-state index in [2.05, 4.69) is 10.0 Å². The molecule has 0 bridgehead atoms. The Morgan fingerprint density at radius 2 is 2.37 bits per heavy atom. The van der Waals surface area contributed by atoms with Gasteiger partial charge >= 0.3 is 5.69 Å². The number of aliphatic hydroxyl groups excluding tert-OH is 1. The minimum atomic E-state index is -0.835. The molecule has 19 heavy (non-hydrogen) atoms. The van der Waals surface area contributed by atoms with Crippen molar-refractivity contribution in [1.29, 1.82) is 0 Å². The van der Waals surface area contributed by atoms with Crippen molar-refractivity contribution in [3.63, 3.8) is 0 Å². The summed E-state index contributed by atoms with van der Waals surface area (Å²) in [6, 6.07) is 4.31. The molecule has 0 aromatic heterocycles. The van der Waals surface area contributed by atoms with Crippen LogP contribution >= 0.6 is 0 Å². The Hall–Kier alpha value is -2.31. The number of azide groups is 1. The number of benzene rings is 1. The molecule has 0 spiro atoms. The molecule has 0 heterocycles. The van der Waals surface area contributed by atoms with E-state index in [9.17, 15) is 15.2 Å². The second kappa shape index (κ2) is 7.20. The summed E-state index contributed by atoms with van der Waals surface area (Å²) in [6.07, 6.45) is 0.0339. The number of nitrogens with zero attached hydrogens (tertiary/aromatic N) is 4. The Bertz CT molecular complexity index is 499. The zero-order valence-electron chi connectivity index (χ0n) is 10.4. The smallest absolute Gasteiger partial charge is 0.311 e. The molecule has 1 atom stereocenters. The molecule has 1 N–H and O–H groups in total. The summed E-state index contributed by atoms with van der Waals surface area (Å²) in [4.78, 5) is 12.9. The molecule has 8 nitrogen and oxygen atoms in total. The van der Waals surface area contributed by atoms with Gasteiger partial charge in [-0.3, -0.25) is 10.1 Å². The van der Waals surface area contributed by atoms with E-state index >= 15 is 0 Å². The number of nitro benzene ring substituents is 1. The molecule has 102 valence electrons. The number of hydrogen-bond acceptors (Lipinski definition) is 5. The van der Waals surface area contributed by atoms with Crippen LogP contribution in [0.3, 0.4) is 0 Å². The van der Waals surface area contributed by atoms with E-state index < -0.39 is 11.0 Å². The average molecular weight is 266 g/mol. The standard InChI is InChI=1S/C11H14N4O4/c1-19-11-5-4-8(7-9(11)15(17)18)10(16)3-2-6-13-14-12/h4-5,7,10,16H,2-3,6H2,1H3. The number of ether oxygens (including phenoxy) is 1. The lowest BCUT2D eigenvalue weighted by atomic mass is 10.0. The summed E-state index contributed by atoms with van der Waals surface area (Å²) in [6.45, 7) is 0.284. The molecule has 0 radical (unpaired) electrons. The number of methoxy groups -OCH3 is 1. The first-order valence-corrected chi connectivity index (χ1v) is 5.61. The molecule has 0 saturated heterocycles. The van der Waals surface area contributed by atoms with E-state index in [1.54, 1.807) is 6.07 Å². The summed E-state index contributed by atoms with van der Waals surface area (Å²) < 4.78 is 4.88. The van der Waals surface area contributed by atoms with Gasteiger partial charge < -0.3 is 9.84 Å². The maximum Gasteiger partial charge on any atom is 0.311 e. The van der Waals surface area contributed by atoms with Gasteiger partial charge in [-0.2, -0.15) is 0 Å². The topological polar surface area (TPSA) is 121 Å². The average Bonchev–Trinajstić information content (AvgIpc) is 2.42. The number of aliphatic hydroxyl groups is 1. The number of rotatable bonds is 7. The van der Waals surface area contributed by atoms with Crippen LogP contribution in [0.15, 0.2) is 23.3 Å². The van der Waals surface area contributed by atoms with Crippen LogP contribution in [0.4, 0.5) is 5.69 Å². The molecule has 1 rings (SSSR count). The highest BCUT2D eigenvalue weighted by molar-refractivity contribution is 5.49. The van der Waals surface area contributed by atoms with E-state index in [4.69, 9.17) is 10.3 Å². The van der Waals surface area contributed by atoms with Gasteiger partial charge in [-0.15, -0.1) is 0 Å². The van der Waals surface area contributed by atoms with Crippen molar-refractivity contribution in [2.45, 2.75) is 18.9 Å². The molecule has 1 unspecified atom stereocenters. The fourth-order valence-electron chi connectivity index (χ4n) is 1.62. The van der Waals surface area contributed by atoms with Gasteiger partial charge in [-0.05, 0) is 30.0 Å². The molecule has 8 heteroatoms. The van der Waals surface area contributed by atoms with E-state index in [0.717, 1.165) is 0 Å². The Morgan fingerprint density at radius 3 is 2.95 bits per heavy atom. The number of nitro groups is 1. The molecule has 0 aliphatic heterocycles. The van der Waals surface area contributed by atoms with Crippen LogP contribution < -0.4 is 4.74 Å². The minimum Gasteiger partial charge on any atom is -0.490 e. The summed E-state index contributed by atoms with van der Waals surface area (Å²) in [5.41, 5.74) is 8.36. The third kappa shape index (κ3) is 4.13. The fourth-order valence-corrected chi connectivity index (χ4v) is 1.62. The second-order valence-corrected chi connectivity index (χ2v) is 3.80. The molecule has 1 aromatic rings. The molecule has 0 saturated carbocycles. The van der Waals surface area contributed by atoms with Crippen molar-refractivity contribution in [2.75, 3.05) is 13.7 Å². The summed E-state index contributed by atoms with van der Waals surface area (Å²) >= 11 is 0. The van der Waals surface area contributed by atoms with Gasteiger partial charge in [0, 0.05) is 17.5 Å². The predicted octanol–water partition coefficient (Wildman–Crippen LogP) is 2.73. The molecular formula is C11H14N4O4. The quantitative estimate of drug-likeness (QED) is 0.203. The van der Waals surface area contributed by atoms with Gasteiger partial charge in [0.05, 0.1) is 18.1 Å². The van der Waals surface area contributed by atoms with Gasteiger partial charge in [-0.1, -0.05) is 11.2 Å². The third-order valence-corrected chi connectivity index (χ3v) is 2.58. The van der Waals surface area contributed by atoms with E-state index in [0.29, 0.717) is 18.4 Å². The first kappa shape index (κ1) is 14.7. The lowest BCUT2D eigenvalue weighted by Gasteiger charge is -2.11. The maximum atomic E-state index is 10.8. The van der Waals surface area contributed by atoms with Gasteiger partial charge in [0.2, 0.25) is 0 Å². The normalized spacial score (nSPS) is 11.5. The van der Waals surface area contributed by atoms with Crippen molar-refractivity contribution in [2.24, 2.45) is 5.11 Å². The van der Waals surface area contributed by atoms with Gasteiger partial charge in [-0.25, -0.2) is 0 Å². The molecule has 0 aliphatic carbocycles. The van der Waals surface area contributed by atoms with Crippen LogP contribution in [0.1, 0.15) is 24.5 Å². The first-order chi connectivity index (χ1) is 9.10. The fraction of sp³-hybridized carbons (Fsp3) is 0.455. The highest BCUT2D eigenvalue weighted by atomic mass is 16.6. The zero-order valence-corrected chi connectivity index (χ0v) is 10.4. The van der Waals surface area contributed by atoms with Crippen molar-refractivity contribution in [3.8, 4) is 5.75 Å². The zero-order chi connectivity index (χ0) is 14.3. The Labute approximate surface area is 109 Å². The van der Waals surface area contributed by atoms with Crippen LogP contribution in [0.5, 0.6) is 5.75 Å². The number of hydrogen-bond donors (Lipinski definition) is 1. The largest absolute Gasteiger partial charge is 0.490 e. The Balaban J connectivity index is 2.80. The Morgan fingerprint density at radius 1 is 1.63 bits per heavy atom.